The summed E-state index contributed by atoms with van der Waals surface area (Å²) in [4.78, 5) is 29.4. The van der Waals surface area contributed by atoms with Crippen molar-refractivity contribution in [3.05, 3.63) is 59.8 Å². The number of nitrogens with one attached hydrogen (secondary N) is 1. The molecule has 0 spiro atoms. The van der Waals surface area contributed by atoms with Gasteiger partial charge in [-0.05, 0) is 37.6 Å². The second kappa shape index (κ2) is 8.26. The molecule has 3 aromatic rings. The van der Waals surface area contributed by atoms with E-state index in [9.17, 15) is 4.79 Å². The fraction of sp³-hybridized carbons (Fsp3) is 0.350. The summed E-state index contributed by atoms with van der Waals surface area (Å²) in [7, 11) is 0. The summed E-state index contributed by atoms with van der Waals surface area (Å²) >= 11 is 0. The van der Waals surface area contributed by atoms with Crippen molar-refractivity contribution < 1.29 is 4.79 Å². The number of carbonyl (C=O) groups excluding carboxylic acids is 1. The van der Waals surface area contributed by atoms with Gasteiger partial charge in [0.15, 0.2) is 5.82 Å². The lowest BCUT2D eigenvalue weighted by Gasteiger charge is -2.34. The quantitative estimate of drug-likeness (QED) is 0.727. The van der Waals surface area contributed by atoms with Crippen LogP contribution in [0.4, 0.5) is 10.7 Å². The molecule has 0 aliphatic carbocycles. The third kappa shape index (κ3) is 4.34. The fourth-order valence-electron chi connectivity index (χ4n) is 3.36. The van der Waals surface area contributed by atoms with Gasteiger partial charge in [0.25, 0.3) is 0 Å². The zero-order valence-corrected chi connectivity index (χ0v) is 16.6. The van der Waals surface area contributed by atoms with Crippen molar-refractivity contribution in [3.63, 3.8) is 0 Å². The van der Waals surface area contributed by atoms with Gasteiger partial charge in [-0.15, -0.1) is 0 Å². The van der Waals surface area contributed by atoms with E-state index in [0.29, 0.717) is 25.6 Å². The molecule has 1 N–H and O–H groups in total. The smallest absolute Gasteiger partial charge is 0.317 e. The summed E-state index contributed by atoms with van der Waals surface area (Å²) in [5.41, 5.74) is 2.94. The highest BCUT2D eigenvalue weighted by molar-refractivity contribution is 5.74. The van der Waals surface area contributed by atoms with Crippen LogP contribution in [0.3, 0.4) is 0 Å². The molecule has 2 amide bonds. The van der Waals surface area contributed by atoms with Gasteiger partial charge in [-0.3, -0.25) is 0 Å². The lowest BCUT2D eigenvalue weighted by Crippen LogP contribution is -2.52. The van der Waals surface area contributed by atoms with Crippen LogP contribution in [0.2, 0.25) is 0 Å². The molecule has 0 atom stereocenters. The van der Waals surface area contributed by atoms with E-state index in [-0.39, 0.29) is 6.03 Å². The first-order valence-corrected chi connectivity index (χ1v) is 9.63. The van der Waals surface area contributed by atoms with Gasteiger partial charge in [-0.1, -0.05) is 6.07 Å². The summed E-state index contributed by atoms with van der Waals surface area (Å²) in [6.45, 7) is 7.11. The number of urea groups is 1. The van der Waals surface area contributed by atoms with E-state index in [1.165, 1.54) is 0 Å². The highest BCUT2D eigenvalue weighted by atomic mass is 16.2. The van der Waals surface area contributed by atoms with Crippen molar-refractivity contribution in [3.8, 4) is 5.82 Å². The Labute approximate surface area is 169 Å². The van der Waals surface area contributed by atoms with Gasteiger partial charge in [0.2, 0.25) is 5.95 Å². The van der Waals surface area contributed by atoms with Crippen LogP contribution < -0.4 is 10.2 Å². The Morgan fingerprint density at radius 2 is 1.83 bits per heavy atom. The van der Waals surface area contributed by atoms with E-state index in [1.807, 2.05) is 41.6 Å². The Balaban J connectivity index is 1.28. The number of hydrogen-bond donors (Lipinski definition) is 1. The van der Waals surface area contributed by atoms with Crippen LogP contribution in [-0.4, -0.2) is 61.8 Å². The molecule has 4 heterocycles. The zero-order valence-electron chi connectivity index (χ0n) is 16.6. The molecule has 4 rings (SSSR count). The maximum absolute atomic E-state index is 12.5. The second-order valence-electron chi connectivity index (χ2n) is 7.05. The van der Waals surface area contributed by atoms with Crippen LogP contribution in [0.5, 0.6) is 0 Å². The predicted octanol–water partition coefficient (Wildman–Crippen LogP) is 1.71. The average Bonchev–Trinajstić information content (AvgIpc) is 3.11. The summed E-state index contributed by atoms with van der Waals surface area (Å²) < 4.78 is 1.81. The first kappa shape index (κ1) is 18.9. The van der Waals surface area contributed by atoms with Crippen molar-refractivity contribution in [2.75, 3.05) is 31.1 Å². The molecule has 0 aromatic carbocycles. The third-order valence-corrected chi connectivity index (χ3v) is 4.88. The van der Waals surface area contributed by atoms with E-state index in [0.717, 1.165) is 35.9 Å². The first-order valence-electron chi connectivity index (χ1n) is 9.63. The minimum Gasteiger partial charge on any atom is -0.337 e. The number of rotatable bonds is 4. The van der Waals surface area contributed by atoms with E-state index in [2.05, 4.69) is 30.3 Å². The molecule has 150 valence electrons. The molecule has 1 fully saturated rings. The molecule has 9 heteroatoms. The summed E-state index contributed by atoms with van der Waals surface area (Å²) in [5.74, 6) is 1.48. The SMILES string of the molecule is Cc1cc(C)n(-c2ccc(CNC(=O)N3CCN(c4ncccn4)CC3)cn2)n1. The molecule has 9 nitrogen and oxygen atoms in total. The van der Waals surface area contributed by atoms with Crippen LogP contribution in [0, 0.1) is 13.8 Å². The van der Waals surface area contributed by atoms with Gasteiger partial charge in [0, 0.05) is 57.0 Å². The molecule has 0 radical (unpaired) electrons. The molecule has 1 aliphatic heterocycles. The standard InChI is InChI=1S/C20H24N8O/c1-15-12-16(2)28(25-15)18-5-4-17(13-23-18)14-24-20(29)27-10-8-26(9-11-27)19-21-6-3-7-22-19/h3-7,12-13H,8-11,14H2,1-2H3,(H,24,29). The maximum Gasteiger partial charge on any atom is 0.317 e. The Kier molecular flexibility index (Phi) is 5.37. The van der Waals surface area contributed by atoms with Gasteiger partial charge < -0.3 is 15.1 Å². The molecule has 1 saturated heterocycles. The van der Waals surface area contributed by atoms with Crippen molar-refractivity contribution in [2.45, 2.75) is 20.4 Å². The number of anilines is 1. The number of carbonyl (C=O) groups is 1. The topological polar surface area (TPSA) is 92.1 Å². The van der Waals surface area contributed by atoms with Gasteiger partial charge in [-0.2, -0.15) is 5.10 Å². The van der Waals surface area contributed by atoms with E-state index >= 15 is 0 Å². The molecule has 0 saturated carbocycles. The van der Waals surface area contributed by atoms with E-state index in [1.54, 1.807) is 24.7 Å². The van der Waals surface area contributed by atoms with E-state index in [4.69, 9.17) is 0 Å². The predicted molar refractivity (Wildman–Crippen MR) is 109 cm³/mol. The van der Waals surface area contributed by atoms with Crippen molar-refractivity contribution in [2.24, 2.45) is 0 Å². The van der Waals surface area contributed by atoms with Gasteiger partial charge in [0.05, 0.1) is 5.69 Å². The number of aromatic nitrogens is 5. The number of aryl methyl sites for hydroxylation is 2. The maximum atomic E-state index is 12.5. The number of amides is 2. The highest BCUT2D eigenvalue weighted by Gasteiger charge is 2.22. The minimum atomic E-state index is -0.0683. The highest BCUT2D eigenvalue weighted by Crippen LogP contribution is 2.11. The summed E-state index contributed by atoms with van der Waals surface area (Å²) in [6.07, 6.45) is 5.24. The molecular formula is C20H24N8O. The Morgan fingerprint density at radius 3 is 2.45 bits per heavy atom. The first-order chi connectivity index (χ1) is 14.1. The Morgan fingerprint density at radius 1 is 1.07 bits per heavy atom. The molecule has 1 aliphatic rings. The molecular weight excluding hydrogens is 368 g/mol. The number of pyridine rings is 1. The lowest BCUT2D eigenvalue weighted by molar-refractivity contribution is 0.193. The average molecular weight is 392 g/mol. The van der Waals surface area contributed by atoms with Crippen LogP contribution in [0.25, 0.3) is 5.82 Å². The largest absolute Gasteiger partial charge is 0.337 e. The molecule has 29 heavy (non-hydrogen) atoms. The Hall–Kier alpha value is -3.49. The third-order valence-electron chi connectivity index (χ3n) is 4.88. The van der Waals surface area contributed by atoms with Gasteiger partial charge in [-0.25, -0.2) is 24.4 Å². The normalized spacial score (nSPS) is 14.1. The van der Waals surface area contributed by atoms with Gasteiger partial charge >= 0.3 is 6.03 Å². The van der Waals surface area contributed by atoms with Crippen molar-refractivity contribution in [1.29, 1.82) is 0 Å². The lowest BCUT2D eigenvalue weighted by atomic mass is 10.3. The minimum absolute atomic E-state index is 0.0683. The Bertz CT molecular complexity index is 962. The number of hydrogen-bond acceptors (Lipinski definition) is 6. The second-order valence-corrected chi connectivity index (χ2v) is 7.05. The zero-order chi connectivity index (χ0) is 20.2. The molecule has 0 unspecified atom stereocenters. The van der Waals surface area contributed by atoms with Crippen molar-refractivity contribution in [1.82, 2.24) is 34.9 Å². The van der Waals surface area contributed by atoms with Crippen LogP contribution in [-0.2, 0) is 6.54 Å². The summed E-state index contributed by atoms with van der Waals surface area (Å²) in [6, 6.07) is 7.62. The number of piperazine rings is 1. The summed E-state index contributed by atoms with van der Waals surface area (Å²) in [5, 5.41) is 7.41. The van der Waals surface area contributed by atoms with Crippen LogP contribution >= 0.6 is 0 Å². The monoisotopic (exact) mass is 392 g/mol. The van der Waals surface area contributed by atoms with Crippen LogP contribution in [0.1, 0.15) is 17.0 Å². The van der Waals surface area contributed by atoms with Crippen LogP contribution in [0.15, 0.2) is 42.9 Å². The fourth-order valence-corrected chi connectivity index (χ4v) is 3.36. The molecule has 0 bridgehead atoms. The van der Waals surface area contributed by atoms with Gasteiger partial charge in [0.1, 0.15) is 0 Å². The molecule has 3 aromatic heterocycles. The van der Waals surface area contributed by atoms with E-state index < -0.39 is 0 Å². The van der Waals surface area contributed by atoms with Crippen molar-refractivity contribution >= 4 is 12.0 Å². The number of nitrogens with zero attached hydrogens (tertiary/aromatic N) is 7.